The number of methoxy groups -OCH3 is 1. The van der Waals surface area contributed by atoms with E-state index in [4.69, 9.17) is 30.0 Å². The van der Waals surface area contributed by atoms with Crippen LogP contribution in [0.15, 0.2) is 20.2 Å². The number of hydrogen-bond acceptors (Lipinski definition) is 7. The van der Waals surface area contributed by atoms with Gasteiger partial charge in [-0.2, -0.15) is 10.2 Å². The van der Waals surface area contributed by atoms with Gasteiger partial charge in [0.25, 0.3) is 0 Å². The first-order chi connectivity index (χ1) is 11.1. The summed E-state index contributed by atoms with van der Waals surface area (Å²) in [6.45, 7) is 5.78. The fraction of sp³-hybridized carbons (Fsp3) is 0.714. The Morgan fingerprint density at radius 3 is 2.25 bits per heavy atom. The predicted octanol–water partition coefficient (Wildman–Crippen LogP) is 1.17. The van der Waals surface area contributed by atoms with E-state index in [0.717, 1.165) is 30.7 Å². The number of rotatable bonds is 7. The summed E-state index contributed by atoms with van der Waals surface area (Å²) in [5.74, 6) is 0.282. The maximum absolute atomic E-state index is 5.17. The molecule has 24 heavy (non-hydrogen) atoms. The largest absolute Gasteiger partial charge is 2.00 e. The van der Waals surface area contributed by atoms with Crippen LogP contribution in [-0.2, 0) is 47.1 Å². The van der Waals surface area contributed by atoms with Crippen LogP contribution in [0.25, 0.3) is 0 Å². The van der Waals surface area contributed by atoms with E-state index < -0.39 is 0 Å². The third-order valence-corrected chi connectivity index (χ3v) is 3.69. The topological polar surface area (TPSA) is 82.7 Å². The summed E-state index contributed by atoms with van der Waals surface area (Å²) in [5.41, 5.74) is 7.37. The Balaban J connectivity index is 0.00000529. The standard InChI is InChI=1S/C14H26N6OS2.Cu/c1-4-15-13(22)19-17-11-7-6-10(8-9-21-3)12(11)18-20-14(23)16-5-2;/h10H,4-9H2,1-3H3,(H2,15,19,22)(H2,16,20,23);/q;+2/p-2/b17-11+,18-12+;. The van der Waals surface area contributed by atoms with Crippen LogP contribution in [0.2, 0.25) is 0 Å². The van der Waals surface area contributed by atoms with Gasteiger partial charge in [-0.05, 0) is 43.4 Å². The minimum atomic E-state index is 0. The first kappa shape index (κ1) is 23.2. The molecule has 1 rings (SSSR count). The second-order valence-electron chi connectivity index (χ2n) is 4.86. The summed E-state index contributed by atoms with van der Waals surface area (Å²) in [6, 6.07) is 0. The summed E-state index contributed by atoms with van der Waals surface area (Å²) in [5, 5.41) is 9.52. The van der Waals surface area contributed by atoms with Gasteiger partial charge in [-0.1, -0.05) is 0 Å². The minimum absolute atomic E-state index is 0. The third kappa shape index (κ3) is 8.34. The van der Waals surface area contributed by atoms with Crippen molar-refractivity contribution >= 4 is 47.0 Å². The van der Waals surface area contributed by atoms with E-state index in [1.807, 2.05) is 13.8 Å². The van der Waals surface area contributed by atoms with Crippen LogP contribution in [-0.4, -0.2) is 48.6 Å². The molecule has 139 valence electrons. The van der Waals surface area contributed by atoms with Crippen molar-refractivity contribution in [1.29, 1.82) is 0 Å². The molecule has 1 saturated carbocycles. The molecule has 7 nitrogen and oxygen atoms in total. The van der Waals surface area contributed by atoms with Gasteiger partial charge in [-0.3, -0.25) is 20.8 Å². The zero-order chi connectivity index (χ0) is 17.1. The van der Waals surface area contributed by atoms with Crippen LogP contribution >= 0.6 is 0 Å². The molecule has 10 heteroatoms. The van der Waals surface area contributed by atoms with Gasteiger partial charge in [-0.25, -0.2) is 0 Å². The predicted molar refractivity (Wildman–Crippen MR) is 101 cm³/mol. The van der Waals surface area contributed by atoms with Gasteiger partial charge >= 0.3 is 17.1 Å². The van der Waals surface area contributed by atoms with Crippen molar-refractivity contribution in [2.45, 2.75) is 33.1 Å². The van der Waals surface area contributed by atoms with Gasteiger partial charge in [-0.15, -0.1) is 0 Å². The SMILES string of the molecule is CCN=C([S-])N/N=C1\CCC(CCOC)\C1=N/NC([S-])=NCC.[Cu+2]. The maximum atomic E-state index is 5.17. The number of ether oxygens (including phenoxy) is 1. The van der Waals surface area contributed by atoms with Crippen LogP contribution in [0.4, 0.5) is 0 Å². The molecular weight excluding hydrogens is 396 g/mol. The molecule has 0 aliphatic heterocycles. The molecule has 2 N–H and O–H groups in total. The molecule has 1 aliphatic carbocycles. The normalized spacial score (nSPS) is 21.9. The second-order valence-corrected chi connectivity index (χ2v) is 5.63. The van der Waals surface area contributed by atoms with Crippen LogP contribution in [0.3, 0.4) is 0 Å². The average molecular weight is 420 g/mol. The van der Waals surface area contributed by atoms with Crippen LogP contribution < -0.4 is 10.9 Å². The van der Waals surface area contributed by atoms with Crippen molar-refractivity contribution < 1.29 is 21.8 Å². The molecule has 1 atom stereocenters. The average Bonchev–Trinajstić information content (AvgIpc) is 2.91. The van der Waals surface area contributed by atoms with Crippen molar-refractivity contribution in [2.24, 2.45) is 26.1 Å². The summed E-state index contributed by atoms with van der Waals surface area (Å²) in [6.07, 6.45) is 2.69. The van der Waals surface area contributed by atoms with Crippen molar-refractivity contribution in [3.63, 3.8) is 0 Å². The first-order valence-electron chi connectivity index (χ1n) is 7.70. The molecule has 1 unspecified atom stereocenters. The van der Waals surface area contributed by atoms with E-state index in [1.165, 1.54) is 0 Å². The van der Waals surface area contributed by atoms with E-state index in [9.17, 15) is 0 Å². The zero-order valence-corrected chi connectivity index (χ0v) is 16.7. The Hall–Kier alpha value is -0.801. The Kier molecular flexibility index (Phi) is 13.0. The molecule has 0 aromatic heterocycles. The van der Waals surface area contributed by atoms with E-state index in [2.05, 4.69) is 31.0 Å². The van der Waals surface area contributed by atoms with E-state index in [0.29, 0.717) is 30.0 Å². The van der Waals surface area contributed by atoms with E-state index >= 15 is 0 Å². The van der Waals surface area contributed by atoms with Gasteiger partial charge in [0.1, 0.15) is 0 Å². The monoisotopic (exact) mass is 419 g/mol. The molecule has 1 fully saturated rings. The molecule has 0 aromatic rings. The Labute approximate surface area is 165 Å². The number of aliphatic imine (C=N–C) groups is 2. The summed E-state index contributed by atoms with van der Waals surface area (Å²) < 4.78 is 5.17. The number of hydrazone groups is 2. The molecule has 0 saturated heterocycles. The molecule has 0 spiro atoms. The first-order valence-corrected chi connectivity index (χ1v) is 8.52. The quantitative estimate of drug-likeness (QED) is 0.213. The third-order valence-electron chi connectivity index (χ3n) is 3.24. The van der Waals surface area contributed by atoms with Gasteiger partial charge in [0, 0.05) is 32.7 Å². The van der Waals surface area contributed by atoms with Crippen molar-refractivity contribution in [1.82, 2.24) is 10.9 Å². The van der Waals surface area contributed by atoms with Crippen molar-refractivity contribution in [3.8, 4) is 0 Å². The fourth-order valence-electron chi connectivity index (χ4n) is 2.20. The summed E-state index contributed by atoms with van der Waals surface area (Å²) >= 11 is 10.2. The van der Waals surface area contributed by atoms with Crippen LogP contribution in [0.5, 0.6) is 0 Å². The van der Waals surface area contributed by atoms with E-state index in [1.54, 1.807) is 7.11 Å². The Morgan fingerprint density at radius 1 is 1.12 bits per heavy atom. The van der Waals surface area contributed by atoms with Gasteiger partial charge in [0.2, 0.25) is 0 Å². The van der Waals surface area contributed by atoms with Crippen molar-refractivity contribution in [2.75, 3.05) is 26.8 Å². The number of amidine groups is 2. The molecule has 1 aliphatic rings. The van der Waals surface area contributed by atoms with Crippen LogP contribution in [0, 0.1) is 5.92 Å². The minimum Gasteiger partial charge on any atom is -0.741 e. The fourth-order valence-corrected chi connectivity index (χ4v) is 2.55. The molecular formula is C14H24CuN6OS2. The Bertz CT molecular complexity index is 496. The van der Waals surface area contributed by atoms with Crippen molar-refractivity contribution in [3.05, 3.63) is 0 Å². The number of nitrogens with one attached hydrogen (secondary N) is 2. The van der Waals surface area contributed by atoms with Gasteiger partial charge in [0.05, 0.1) is 11.4 Å². The summed E-state index contributed by atoms with van der Waals surface area (Å²) in [7, 11) is 1.69. The molecule has 0 amide bonds. The Morgan fingerprint density at radius 2 is 1.71 bits per heavy atom. The summed E-state index contributed by atoms with van der Waals surface area (Å²) in [4.78, 5) is 8.17. The van der Waals surface area contributed by atoms with Crippen LogP contribution in [0.1, 0.15) is 33.1 Å². The van der Waals surface area contributed by atoms with Gasteiger partial charge in [0.15, 0.2) is 0 Å². The zero-order valence-electron chi connectivity index (χ0n) is 14.1. The number of nitrogens with zero attached hydrogens (tertiary/aromatic N) is 4. The second kappa shape index (κ2) is 13.5. The molecule has 0 heterocycles. The smallest absolute Gasteiger partial charge is 0.741 e. The van der Waals surface area contributed by atoms with Gasteiger partial charge < -0.3 is 30.0 Å². The number of hydrogen-bond donors (Lipinski definition) is 2. The molecule has 0 bridgehead atoms. The molecule has 0 aromatic carbocycles. The van der Waals surface area contributed by atoms with E-state index in [-0.39, 0.29) is 23.0 Å². The molecule has 1 radical (unpaired) electrons. The maximum Gasteiger partial charge on any atom is 2.00 e.